The summed E-state index contributed by atoms with van der Waals surface area (Å²) in [6, 6.07) is 5.42. The van der Waals surface area contributed by atoms with E-state index in [1.807, 2.05) is 11.9 Å². The minimum Gasteiger partial charge on any atom is -0.464 e. The van der Waals surface area contributed by atoms with Crippen LogP contribution in [0.5, 0.6) is 0 Å². The molecule has 5 nitrogen and oxygen atoms in total. The van der Waals surface area contributed by atoms with Crippen molar-refractivity contribution in [1.29, 1.82) is 0 Å². The molecule has 0 bridgehead atoms. The van der Waals surface area contributed by atoms with Gasteiger partial charge in [0.15, 0.2) is 11.5 Å². The molecule has 0 amide bonds. The molecular weight excluding hydrogens is 330 g/mol. The maximum atomic E-state index is 11.2. The summed E-state index contributed by atoms with van der Waals surface area (Å²) in [5.74, 6) is 0.221. The van der Waals surface area contributed by atoms with Crippen LogP contribution in [-0.4, -0.2) is 30.3 Å². The van der Waals surface area contributed by atoms with Crippen LogP contribution in [0.4, 0.5) is 5.82 Å². The number of methoxy groups -OCH3 is 1. The highest BCUT2D eigenvalue weighted by molar-refractivity contribution is 9.11. The van der Waals surface area contributed by atoms with Gasteiger partial charge in [-0.15, -0.1) is 21.5 Å². The molecule has 19 heavy (non-hydrogen) atoms. The van der Waals surface area contributed by atoms with Gasteiger partial charge in [-0.3, -0.25) is 0 Å². The molecule has 0 aliphatic heterocycles. The van der Waals surface area contributed by atoms with Crippen LogP contribution in [-0.2, 0) is 11.3 Å². The fraction of sp³-hybridized carbons (Fsp3) is 0.250. The second-order valence-corrected chi connectivity index (χ2v) is 6.17. The third kappa shape index (κ3) is 3.51. The van der Waals surface area contributed by atoms with E-state index in [1.54, 1.807) is 23.5 Å². The maximum Gasteiger partial charge on any atom is 0.358 e. The molecule has 0 atom stereocenters. The normalized spacial score (nSPS) is 10.3. The average Bonchev–Trinajstić information content (AvgIpc) is 2.83. The topological polar surface area (TPSA) is 55.3 Å². The smallest absolute Gasteiger partial charge is 0.358 e. The highest BCUT2D eigenvalue weighted by atomic mass is 79.9. The van der Waals surface area contributed by atoms with Crippen molar-refractivity contribution in [3.05, 3.63) is 38.6 Å². The lowest BCUT2D eigenvalue weighted by Gasteiger charge is -2.16. The predicted octanol–water partition coefficient (Wildman–Crippen LogP) is 2.72. The van der Waals surface area contributed by atoms with Crippen molar-refractivity contribution in [2.45, 2.75) is 6.54 Å². The van der Waals surface area contributed by atoms with Crippen molar-refractivity contribution >= 4 is 39.1 Å². The molecule has 100 valence electrons. The number of carbonyl (C=O) groups is 1. The number of hydrogen-bond donors (Lipinski definition) is 0. The Morgan fingerprint density at radius 3 is 2.79 bits per heavy atom. The monoisotopic (exact) mass is 341 g/mol. The summed E-state index contributed by atoms with van der Waals surface area (Å²) in [6.45, 7) is 0.731. The van der Waals surface area contributed by atoms with E-state index < -0.39 is 5.97 Å². The molecule has 2 heterocycles. The quantitative estimate of drug-likeness (QED) is 0.800. The molecule has 0 radical (unpaired) electrons. The molecule has 0 saturated heterocycles. The van der Waals surface area contributed by atoms with Gasteiger partial charge in [0.2, 0.25) is 0 Å². The number of hydrogen-bond acceptors (Lipinski definition) is 6. The highest BCUT2D eigenvalue weighted by Gasteiger charge is 2.10. The summed E-state index contributed by atoms with van der Waals surface area (Å²) < 4.78 is 5.68. The Hall–Kier alpha value is -1.47. The molecule has 2 rings (SSSR count). The first-order valence-electron chi connectivity index (χ1n) is 5.46. The van der Waals surface area contributed by atoms with E-state index in [1.165, 1.54) is 12.7 Å². The number of halogens is 1. The molecule has 0 fully saturated rings. The molecule has 0 unspecified atom stereocenters. The molecule has 7 heteroatoms. The Kier molecular flexibility index (Phi) is 4.49. The molecule has 0 spiro atoms. The molecule has 2 aromatic heterocycles. The molecule has 0 aromatic carbocycles. The predicted molar refractivity (Wildman–Crippen MR) is 77.5 cm³/mol. The van der Waals surface area contributed by atoms with Crippen LogP contribution >= 0.6 is 27.3 Å². The van der Waals surface area contributed by atoms with Gasteiger partial charge in [-0.2, -0.15) is 0 Å². The van der Waals surface area contributed by atoms with Gasteiger partial charge in [0.05, 0.1) is 10.9 Å². The van der Waals surface area contributed by atoms with E-state index in [-0.39, 0.29) is 5.69 Å². The number of nitrogens with zero attached hydrogens (tertiary/aromatic N) is 3. The summed E-state index contributed by atoms with van der Waals surface area (Å²) in [6.07, 6.45) is 0. The van der Waals surface area contributed by atoms with E-state index in [4.69, 9.17) is 0 Å². The molecule has 0 aliphatic rings. The van der Waals surface area contributed by atoms with Crippen molar-refractivity contribution in [1.82, 2.24) is 10.2 Å². The van der Waals surface area contributed by atoms with E-state index >= 15 is 0 Å². The fourth-order valence-corrected chi connectivity index (χ4v) is 2.73. The minimum absolute atomic E-state index is 0.206. The number of carbonyl (C=O) groups excluding carboxylic acids is 1. The Balaban J connectivity index is 2.07. The van der Waals surface area contributed by atoms with Crippen molar-refractivity contribution in [3.63, 3.8) is 0 Å². The van der Waals surface area contributed by atoms with E-state index in [2.05, 4.69) is 42.3 Å². The van der Waals surface area contributed by atoms with Crippen LogP contribution in [0.2, 0.25) is 0 Å². The molecule has 0 aliphatic carbocycles. The van der Waals surface area contributed by atoms with Crippen LogP contribution in [0.1, 0.15) is 16.1 Å². The van der Waals surface area contributed by atoms with Crippen LogP contribution in [0.3, 0.4) is 0 Å². The van der Waals surface area contributed by atoms with Gasteiger partial charge in [0.25, 0.3) is 0 Å². The van der Waals surface area contributed by atoms with Gasteiger partial charge >= 0.3 is 5.97 Å². The maximum absolute atomic E-state index is 11.2. The number of esters is 1. The molecule has 0 saturated carbocycles. The number of thiophene rings is 1. The van der Waals surface area contributed by atoms with Crippen molar-refractivity contribution in [2.24, 2.45) is 0 Å². The van der Waals surface area contributed by atoms with E-state index in [0.717, 1.165) is 10.3 Å². The summed E-state index contributed by atoms with van der Waals surface area (Å²) in [5, 5.41) is 9.94. The van der Waals surface area contributed by atoms with Gasteiger partial charge in [0, 0.05) is 13.6 Å². The standard InChI is InChI=1S/C12H12BrN3O2S/c1-16(6-8-5-10(13)19-7-8)11-4-3-9(14-15-11)12(17)18-2/h3-5,7H,6H2,1-2H3. The largest absolute Gasteiger partial charge is 0.464 e. The second-order valence-electron chi connectivity index (χ2n) is 3.88. The van der Waals surface area contributed by atoms with Crippen molar-refractivity contribution in [2.75, 3.05) is 19.1 Å². The fourth-order valence-electron chi connectivity index (χ4n) is 1.53. The van der Waals surface area contributed by atoms with Gasteiger partial charge in [-0.05, 0) is 45.1 Å². The zero-order chi connectivity index (χ0) is 13.8. The summed E-state index contributed by atoms with van der Waals surface area (Å²) in [7, 11) is 3.24. The lowest BCUT2D eigenvalue weighted by Crippen LogP contribution is -2.18. The number of ether oxygens (including phenoxy) is 1. The van der Waals surface area contributed by atoms with Crippen molar-refractivity contribution < 1.29 is 9.53 Å². The summed E-state index contributed by atoms with van der Waals surface area (Å²) in [4.78, 5) is 13.2. The lowest BCUT2D eigenvalue weighted by atomic mass is 10.3. The number of aromatic nitrogens is 2. The van der Waals surface area contributed by atoms with Gasteiger partial charge < -0.3 is 9.64 Å². The Labute approximate surface area is 123 Å². The third-order valence-corrected chi connectivity index (χ3v) is 4.03. The van der Waals surface area contributed by atoms with E-state index in [9.17, 15) is 4.79 Å². The molecule has 0 N–H and O–H groups in total. The van der Waals surface area contributed by atoms with Gasteiger partial charge in [0.1, 0.15) is 0 Å². The SMILES string of the molecule is COC(=O)c1ccc(N(C)Cc2csc(Br)c2)nn1. The first kappa shape index (κ1) is 14.0. The van der Waals surface area contributed by atoms with Crippen LogP contribution < -0.4 is 4.90 Å². The average molecular weight is 342 g/mol. The van der Waals surface area contributed by atoms with Crippen LogP contribution in [0, 0.1) is 0 Å². The zero-order valence-electron chi connectivity index (χ0n) is 10.5. The Bertz CT molecular complexity index is 571. The lowest BCUT2D eigenvalue weighted by molar-refractivity contribution is 0.0592. The Morgan fingerprint density at radius 2 is 2.26 bits per heavy atom. The minimum atomic E-state index is -0.483. The van der Waals surface area contributed by atoms with Crippen molar-refractivity contribution in [3.8, 4) is 0 Å². The Morgan fingerprint density at radius 1 is 1.47 bits per heavy atom. The van der Waals surface area contributed by atoms with Gasteiger partial charge in [-0.25, -0.2) is 4.79 Å². The van der Waals surface area contributed by atoms with Crippen LogP contribution in [0.15, 0.2) is 27.4 Å². The highest BCUT2D eigenvalue weighted by Crippen LogP contribution is 2.22. The zero-order valence-corrected chi connectivity index (χ0v) is 12.9. The summed E-state index contributed by atoms with van der Waals surface area (Å²) in [5.41, 5.74) is 1.40. The number of rotatable bonds is 4. The molecule has 2 aromatic rings. The van der Waals surface area contributed by atoms with E-state index in [0.29, 0.717) is 5.82 Å². The van der Waals surface area contributed by atoms with Crippen LogP contribution in [0.25, 0.3) is 0 Å². The first-order valence-corrected chi connectivity index (χ1v) is 7.13. The van der Waals surface area contributed by atoms with Gasteiger partial charge in [-0.1, -0.05) is 0 Å². The second kappa shape index (κ2) is 6.12. The number of anilines is 1. The third-order valence-electron chi connectivity index (χ3n) is 2.48. The summed E-state index contributed by atoms with van der Waals surface area (Å²) >= 11 is 5.08. The molecular formula is C12H12BrN3O2S. The first-order chi connectivity index (χ1) is 9.10.